The fourth-order valence-corrected chi connectivity index (χ4v) is 0.728. The van der Waals surface area contributed by atoms with Crippen LogP contribution in [-0.4, -0.2) is 31.8 Å². The molecular weight excluding hydrogens is 142 g/mol. The molecule has 0 unspecified atom stereocenters. The van der Waals surface area contributed by atoms with E-state index in [2.05, 4.69) is 12.2 Å². The van der Waals surface area contributed by atoms with E-state index in [-0.39, 0.29) is 12.3 Å². The van der Waals surface area contributed by atoms with Crippen LogP contribution in [0.5, 0.6) is 0 Å². The number of rotatable bonds is 4. The lowest BCUT2D eigenvalue weighted by Crippen LogP contribution is -2.22. The van der Waals surface area contributed by atoms with Crippen molar-refractivity contribution in [3.8, 4) is 0 Å². The Kier molecular flexibility index (Phi) is 3.76. The highest BCUT2D eigenvalue weighted by Crippen LogP contribution is 1.77. The number of hydrogen-bond donors (Lipinski definition) is 2. The van der Waals surface area contributed by atoms with Crippen molar-refractivity contribution >= 4 is 10.1 Å². The van der Waals surface area contributed by atoms with Gasteiger partial charge in [-0.2, -0.15) is 8.42 Å². The monoisotopic (exact) mass is 152 g/mol. The van der Waals surface area contributed by atoms with Gasteiger partial charge >= 0.3 is 0 Å². The molecule has 0 amide bonds. The van der Waals surface area contributed by atoms with Gasteiger partial charge in [0.25, 0.3) is 10.1 Å². The van der Waals surface area contributed by atoms with Crippen molar-refractivity contribution in [2.75, 3.05) is 18.8 Å². The zero-order valence-corrected chi connectivity index (χ0v) is 5.82. The molecule has 0 saturated carbocycles. The van der Waals surface area contributed by atoms with Crippen LogP contribution in [0.1, 0.15) is 0 Å². The zero-order valence-electron chi connectivity index (χ0n) is 5.00. The summed E-state index contributed by atoms with van der Waals surface area (Å²) >= 11 is 0. The fourth-order valence-electron chi connectivity index (χ4n) is 0.326. The van der Waals surface area contributed by atoms with Gasteiger partial charge in [0.05, 0.1) is 5.75 Å². The van der Waals surface area contributed by atoms with Crippen molar-refractivity contribution in [1.82, 2.24) is 5.32 Å². The molecule has 4 nitrogen and oxygen atoms in total. The molecule has 0 atom stereocenters. The van der Waals surface area contributed by atoms with Crippen LogP contribution >= 0.6 is 0 Å². The Morgan fingerprint density at radius 1 is 1.56 bits per heavy atom. The largest absolute Gasteiger partial charge is 0.316 e. The molecule has 0 aromatic heterocycles. The molecule has 0 fully saturated rings. The van der Waals surface area contributed by atoms with Gasteiger partial charge in [0.1, 0.15) is 0 Å². The molecule has 0 saturated heterocycles. The fraction of sp³-hybridized carbons (Fsp3) is 0.750. The lowest BCUT2D eigenvalue weighted by molar-refractivity contribution is 0.481. The van der Waals surface area contributed by atoms with Crippen LogP contribution < -0.4 is 5.32 Å². The van der Waals surface area contributed by atoms with Gasteiger partial charge in [0.15, 0.2) is 0 Å². The Bertz CT molecular complexity index is 151. The van der Waals surface area contributed by atoms with Gasteiger partial charge < -0.3 is 5.32 Å². The normalized spacial score (nSPS) is 11.8. The molecule has 0 rings (SSSR count). The van der Waals surface area contributed by atoms with Crippen molar-refractivity contribution < 1.29 is 13.0 Å². The molecule has 0 heterocycles. The second kappa shape index (κ2) is 3.81. The third-order valence-electron chi connectivity index (χ3n) is 0.714. The van der Waals surface area contributed by atoms with E-state index < -0.39 is 10.1 Å². The standard InChI is InChI=1S/C4H10NO3S/c1-2-5-3-4-9(6,7)8/h5H,1-4H2,(H,6,7,8). The molecule has 5 heteroatoms. The molecule has 0 aliphatic rings. The van der Waals surface area contributed by atoms with E-state index in [1.807, 2.05) is 0 Å². The topological polar surface area (TPSA) is 66.4 Å². The summed E-state index contributed by atoms with van der Waals surface area (Å²) in [6, 6.07) is 0. The minimum Gasteiger partial charge on any atom is -0.316 e. The lowest BCUT2D eigenvalue weighted by atomic mass is 10.7. The molecule has 2 N–H and O–H groups in total. The second-order valence-corrected chi connectivity index (χ2v) is 3.11. The maximum absolute atomic E-state index is 10.0. The van der Waals surface area contributed by atoms with Gasteiger partial charge in [-0.15, -0.1) is 0 Å². The van der Waals surface area contributed by atoms with Crippen LogP contribution in [0.15, 0.2) is 0 Å². The first-order valence-electron chi connectivity index (χ1n) is 2.51. The maximum Gasteiger partial charge on any atom is 0.266 e. The summed E-state index contributed by atoms with van der Waals surface area (Å²) in [5, 5.41) is 2.65. The average Bonchev–Trinajstić information content (AvgIpc) is 1.63. The average molecular weight is 152 g/mol. The highest BCUT2D eigenvalue weighted by Gasteiger charge is 2.00. The molecule has 55 valence electrons. The summed E-state index contributed by atoms with van der Waals surface area (Å²) in [6.45, 7) is 4.14. The zero-order chi connectivity index (χ0) is 7.33. The van der Waals surface area contributed by atoms with Crippen LogP contribution in [0, 0.1) is 6.92 Å². The van der Waals surface area contributed by atoms with Crippen LogP contribution in [-0.2, 0) is 10.1 Å². The van der Waals surface area contributed by atoms with E-state index >= 15 is 0 Å². The summed E-state index contributed by atoms with van der Waals surface area (Å²) in [5.41, 5.74) is 0. The third-order valence-corrected chi connectivity index (χ3v) is 1.43. The minimum atomic E-state index is -3.79. The van der Waals surface area contributed by atoms with E-state index in [0.29, 0.717) is 6.54 Å². The highest BCUT2D eigenvalue weighted by atomic mass is 32.2. The molecule has 9 heavy (non-hydrogen) atoms. The van der Waals surface area contributed by atoms with E-state index in [1.54, 1.807) is 0 Å². The Balaban J connectivity index is 3.30. The van der Waals surface area contributed by atoms with Crippen molar-refractivity contribution in [2.45, 2.75) is 0 Å². The van der Waals surface area contributed by atoms with Gasteiger partial charge in [0.2, 0.25) is 0 Å². The maximum atomic E-state index is 10.0. The van der Waals surface area contributed by atoms with Crippen LogP contribution in [0.4, 0.5) is 0 Å². The van der Waals surface area contributed by atoms with E-state index in [9.17, 15) is 8.42 Å². The molecule has 0 bridgehead atoms. The Hall–Kier alpha value is -0.130. The van der Waals surface area contributed by atoms with Gasteiger partial charge in [-0.3, -0.25) is 4.55 Å². The van der Waals surface area contributed by atoms with Gasteiger partial charge in [-0.05, 0) is 13.5 Å². The van der Waals surface area contributed by atoms with Crippen LogP contribution in [0.25, 0.3) is 0 Å². The Morgan fingerprint density at radius 2 is 2.11 bits per heavy atom. The van der Waals surface area contributed by atoms with Gasteiger partial charge in [-0.1, -0.05) is 0 Å². The number of hydrogen-bond acceptors (Lipinski definition) is 3. The predicted octanol–water partition coefficient (Wildman–Crippen LogP) is -0.702. The number of nitrogens with one attached hydrogen (secondary N) is 1. The Labute approximate surface area is 55.0 Å². The second-order valence-electron chi connectivity index (χ2n) is 1.54. The SMILES string of the molecule is [CH2]CNCCS(=O)(=O)O. The molecule has 0 aromatic rings. The summed E-state index contributed by atoms with van der Waals surface area (Å²) in [4.78, 5) is 0. The Morgan fingerprint density at radius 3 is 2.44 bits per heavy atom. The molecule has 0 aromatic carbocycles. The smallest absolute Gasteiger partial charge is 0.266 e. The molecular formula is C4H10NO3S. The molecule has 1 radical (unpaired) electrons. The van der Waals surface area contributed by atoms with E-state index in [1.165, 1.54) is 0 Å². The summed E-state index contributed by atoms with van der Waals surface area (Å²) < 4.78 is 28.2. The predicted molar refractivity (Wildman–Crippen MR) is 34.6 cm³/mol. The third kappa shape index (κ3) is 7.87. The summed E-state index contributed by atoms with van der Waals surface area (Å²) in [5.74, 6) is -0.248. The quantitative estimate of drug-likeness (QED) is 0.413. The van der Waals surface area contributed by atoms with Crippen molar-refractivity contribution in [1.29, 1.82) is 0 Å². The van der Waals surface area contributed by atoms with Crippen molar-refractivity contribution in [2.24, 2.45) is 0 Å². The molecule has 0 aliphatic carbocycles. The van der Waals surface area contributed by atoms with Crippen LogP contribution in [0.2, 0.25) is 0 Å². The molecule has 0 aliphatic heterocycles. The van der Waals surface area contributed by atoms with E-state index in [0.717, 1.165) is 0 Å². The summed E-state index contributed by atoms with van der Waals surface area (Å²) in [6.07, 6.45) is 0. The first-order chi connectivity index (χ1) is 4.06. The lowest BCUT2D eigenvalue weighted by Gasteiger charge is -1.96. The highest BCUT2D eigenvalue weighted by molar-refractivity contribution is 7.85. The van der Waals surface area contributed by atoms with Crippen LogP contribution in [0.3, 0.4) is 0 Å². The van der Waals surface area contributed by atoms with Crippen molar-refractivity contribution in [3.63, 3.8) is 0 Å². The van der Waals surface area contributed by atoms with Gasteiger partial charge in [-0.25, -0.2) is 0 Å². The first-order valence-corrected chi connectivity index (χ1v) is 4.12. The van der Waals surface area contributed by atoms with Crippen molar-refractivity contribution in [3.05, 3.63) is 6.92 Å². The molecule has 0 spiro atoms. The first kappa shape index (κ1) is 8.87. The minimum absolute atomic E-state index is 0.248. The van der Waals surface area contributed by atoms with E-state index in [4.69, 9.17) is 4.55 Å². The summed E-state index contributed by atoms with van der Waals surface area (Å²) in [7, 11) is -3.79. The van der Waals surface area contributed by atoms with Gasteiger partial charge in [0, 0.05) is 6.54 Å².